The van der Waals surface area contributed by atoms with Gasteiger partial charge < -0.3 is 15.8 Å². The molecule has 0 aliphatic heterocycles. The normalized spacial score (nSPS) is 12.8. The molecule has 0 radical (unpaired) electrons. The third kappa shape index (κ3) is 3.95. The van der Waals surface area contributed by atoms with Crippen molar-refractivity contribution >= 4 is 34.6 Å². The molecule has 0 aliphatic rings. The second-order valence-electron chi connectivity index (χ2n) is 4.31. The summed E-state index contributed by atoms with van der Waals surface area (Å²) in [7, 11) is 1.67. The molecule has 0 aromatic heterocycles. The van der Waals surface area contributed by atoms with Gasteiger partial charge in [0.2, 0.25) is 0 Å². The van der Waals surface area contributed by atoms with Crippen LogP contribution in [-0.2, 0) is 4.74 Å². The number of rotatable bonds is 5. The summed E-state index contributed by atoms with van der Waals surface area (Å²) in [5, 5.41) is 4.35. The molecule has 0 fully saturated rings. The van der Waals surface area contributed by atoms with Crippen LogP contribution in [-0.4, -0.2) is 19.8 Å². The molecule has 96 valence electrons. The van der Waals surface area contributed by atoms with E-state index in [2.05, 4.69) is 19.2 Å². The first kappa shape index (κ1) is 14.4. The molecule has 0 bridgehead atoms. The number of ether oxygens (including phenoxy) is 1. The molecule has 0 amide bonds. The Hall–Kier alpha value is -0.640. The van der Waals surface area contributed by atoms with Gasteiger partial charge in [-0.1, -0.05) is 37.0 Å². The van der Waals surface area contributed by atoms with E-state index in [0.29, 0.717) is 33.9 Å². The van der Waals surface area contributed by atoms with E-state index in [9.17, 15) is 0 Å². The maximum absolute atomic E-state index is 6.12. The molecule has 0 aliphatic carbocycles. The fourth-order valence-electron chi connectivity index (χ4n) is 1.50. The van der Waals surface area contributed by atoms with E-state index in [-0.39, 0.29) is 6.04 Å². The summed E-state index contributed by atoms with van der Waals surface area (Å²) in [6.07, 6.45) is 0. The molecule has 1 atom stereocenters. The van der Waals surface area contributed by atoms with Crippen LogP contribution in [0.4, 0.5) is 11.4 Å². The molecular formula is C12H18Cl2N2O. The summed E-state index contributed by atoms with van der Waals surface area (Å²) in [5.41, 5.74) is 6.92. The van der Waals surface area contributed by atoms with Gasteiger partial charge in [0.05, 0.1) is 28.4 Å². The van der Waals surface area contributed by atoms with E-state index in [0.717, 1.165) is 0 Å². The predicted octanol–water partition coefficient (Wildman–Crippen LogP) is 3.66. The van der Waals surface area contributed by atoms with Crippen molar-refractivity contribution in [2.24, 2.45) is 5.92 Å². The summed E-state index contributed by atoms with van der Waals surface area (Å²) in [4.78, 5) is 0. The van der Waals surface area contributed by atoms with Gasteiger partial charge in [-0.05, 0) is 18.1 Å². The maximum Gasteiger partial charge on any atom is 0.0723 e. The quantitative estimate of drug-likeness (QED) is 0.807. The molecule has 1 aromatic rings. The number of nitrogen functional groups attached to an aromatic ring is 1. The lowest BCUT2D eigenvalue weighted by Gasteiger charge is -2.24. The Balaban J connectivity index is 2.93. The molecule has 17 heavy (non-hydrogen) atoms. The van der Waals surface area contributed by atoms with E-state index in [1.54, 1.807) is 19.2 Å². The monoisotopic (exact) mass is 276 g/mol. The van der Waals surface area contributed by atoms with E-state index >= 15 is 0 Å². The van der Waals surface area contributed by atoms with E-state index < -0.39 is 0 Å². The van der Waals surface area contributed by atoms with Crippen molar-refractivity contribution in [2.75, 3.05) is 24.8 Å². The second kappa shape index (κ2) is 6.34. The Morgan fingerprint density at radius 2 is 1.82 bits per heavy atom. The lowest BCUT2D eigenvalue weighted by molar-refractivity contribution is 0.171. The van der Waals surface area contributed by atoms with E-state index in [1.165, 1.54) is 0 Å². The number of hydrogen-bond donors (Lipinski definition) is 2. The highest BCUT2D eigenvalue weighted by molar-refractivity contribution is 6.39. The van der Waals surface area contributed by atoms with Crippen molar-refractivity contribution < 1.29 is 4.74 Å². The first-order valence-electron chi connectivity index (χ1n) is 5.45. The average Bonchev–Trinajstić information content (AvgIpc) is 2.21. The van der Waals surface area contributed by atoms with E-state index in [4.69, 9.17) is 33.7 Å². The highest BCUT2D eigenvalue weighted by Crippen LogP contribution is 2.33. The number of nitrogens with one attached hydrogen (secondary N) is 1. The Morgan fingerprint density at radius 3 is 2.24 bits per heavy atom. The largest absolute Gasteiger partial charge is 0.399 e. The minimum atomic E-state index is 0.152. The van der Waals surface area contributed by atoms with Crippen molar-refractivity contribution in [1.82, 2.24) is 0 Å². The molecule has 0 saturated carbocycles. The van der Waals surface area contributed by atoms with Gasteiger partial charge in [-0.2, -0.15) is 0 Å². The standard InChI is InChI=1S/C12H18Cl2N2O/c1-7(2)11(6-17-3)16-12-9(13)4-8(15)5-10(12)14/h4-5,7,11,16H,6,15H2,1-3H3. The van der Waals surface area contributed by atoms with Crippen LogP contribution in [0.2, 0.25) is 10.0 Å². The van der Waals surface area contributed by atoms with Crippen molar-refractivity contribution in [2.45, 2.75) is 19.9 Å². The summed E-state index contributed by atoms with van der Waals surface area (Å²) in [5.74, 6) is 0.402. The van der Waals surface area contributed by atoms with Gasteiger partial charge in [-0.3, -0.25) is 0 Å². The molecule has 3 nitrogen and oxygen atoms in total. The molecule has 5 heteroatoms. The SMILES string of the molecule is COCC(Nc1c(Cl)cc(N)cc1Cl)C(C)C. The van der Waals surface area contributed by atoms with Crippen molar-refractivity contribution in [1.29, 1.82) is 0 Å². The van der Waals surface area contributed by atoms with Gasteiger partial charge >= 0.3 is 0 Å². The van der Waals surface area contributed by atoms with Gasteiger partial charge in [0.15, 0.2) is 0 Å². The first-order chi connectivity index (χ1) is 7.95. The zero-order valence-electron chi connectivity index (χ0n) is 10.3. The average molecular weight is 277 g/mol. The van der Waals surface area contributed by atoms with Crippen molar-refractivity contribution in [3.63, 3.8) is 0 Å². The van der Waals surface area contributed by atoms with Crippen LogP contribution < -0.4 is 11.1 Å². The zero-order chi connectivity index (χ0) is 13.0. The van der Waals surface area contributed by atoms with Crippen LogP contribution in [0.5, 0.6) is 0 Å². The number of anilines is 2. The summed E-state index contributed by atoms with van der Waals surface area (Å²) >= 11 is 12.2. The Bertz CT molecular complexity index is 360. The van der Waals surface area contributed by atoms with Gasteiger partial charge in [0, 0.05) is 12.8 Å². The number of halogens is 2. The van der Waals surface area contributed by atoms with Crippen LogP contribution in [0.3, 0.4) is 0 Å². The van der Waals surface area contributed by atoms with Crippen LogP contribution >= 0.6 is 23.2 Å². The Morgan fingerprint density at radius 1 is 1.29 bits per heavy atom. The summed E-state index contributed by atoms with van der Waals surface area (Å²) < 4.78 is 5.17. The lowest BCUT2D eigenvalue weighted by atomic mass is 10.0. The fraction of sp³-hybridized carbons (Fsp3) is 0.500. The molecule has 1 aromatic carbocycles. The van der Waals surface area contributed by atoms with Crippen molar-refractivity contribution in [3.05, 3.63) is 22.2 Å². The molecule has 1 unspecified atom stereocenters. The van der Waals surface area contributed by atoms with Crippen LogP contribution in [0, 0.1) is 5.92 Å². The molecule has 3 N–H and O–H groups in total. The minimum Gasteiger partial charge on any atom is -0.399 e. The molecule has 0 heterocycles. The van der Waals surface area contributed by atoms with Gasteiger partial charge in [-0.25, -0.2) is 0 Å². The number of methoxy groups -OCH3 is 1. The maximum atomic E-state index is 6.12. The van der Waals surface area contributed by atoms with Gasteiger partial charge in [-0.15, -0.1) is 0 Å². The number of hydrogen-bond acceptors (Lipinski definition) is 3. The molecular weight excluding hydrogens is 259 g/mol. The predicted molar refractivity (Wildman–Crippen MR) is 75.0 cm³/mol. The fourth-order valence-corrected chi connectivity index (χ4v) is 2.11. The first-order valence-corrected chi connectivity index (χ1v) is 6.21. The van der Waals surface area contributed by atoms with Crippen LogP contribution in [0.15, 0.2) is 12.1 Å². The third-order valence-corrected chi connectivity index (χ3v) is 3.14. The smallest absolute Gasteiger partial charge is 0.0723 e. The Labute approximate surface area is 112 Å². The van der Waals surface area contributed by atoms with E-state index in [1.807, 2.05) is 0 Å². The number of nitrogens with two attached hydrogens (primary N) is 1. The highest BCUT2D eigenvalue weighted by Gasteiger charge is 2.16. The van der Waals surface area contributed by atoms with Gasteiger partial charge in [0.25, 0.3) is 0 Å². The minimum absolute atomic E-state index is 0.152. The van der Waals surface area contributed by atoms with Gasteiger partial charge in [0.1, 0.15) is 0 Å². The summed E-state index contributed by atoms with van der Waals surface area (Å²) in [6, 6.07) is 3.51. The highest BCUT2D eigenvalue weighted by atomic mass is 35.5. The van der Waals surface area contributed by atoms with Crippen molar-refractivity contribution in [3.8, 4) is 0 Å². The summed E-state index contributed by atoms with van der Waals surface area (Å²) in [6.45, 7) is 4.81. The Kier molecular flexibility index (Phi) is 5.37. The molecule has 0 spiro atoms. The zero-order valence-corrected chi connectivity index (χ0v) is 11.8. The number of benzene rings is 1. The molecule has 1 rings (SSSR count). The van der Waals surface area contributed by atoms with Crippen LogP contribution in [0.25, 0.3) is 0 Å². The lowest BCUT2D eigenvalue weighted by Crippen LogP contribution is -2.30. The molecule has 0 saturated heterocycles. The third-order valence-electron chi connectivity index (χ3n) is 2.55. The topological polar surface area (TPSA) is 47.3 Å². The second-order valence-corrected chi connectivity index (χ2v) is 5.12. The van der Waals surface area contributed by atoms with Crippen LogP contribution in [0.1, 0.15) is 13.8 Å².